The molecule has 1 aromatic heterocycles. The molecule has 0 aliphatic carbocycles. The molecule has 1 N–H and O–H groups in total. The fraction of sp³-hybridized carbons (Fsp3) is 0.545. The van der Waals surface area contributed by atoms with Crippen LogP contribution in [0.5, 0.6) is 0 Å². The van der Waals surface area contributed by atoms with Gasteiger partial charge in [0.1, 0.15) is 5.82 Å². The van der Waals surface area contributed by atoms with Gasteiger partial charge in [-0.3, -0.25) is 4.79 Å². The van der Waals surface area contributed by atoms with E-state index in [1.54, 1.807) is 12.1 Å². The fourth-order valence-corrected chi connectivity index (χ4v) is 4.41. The summed E-state index contributed by atoms with van der Waals surface area (Å²) in [6, 6.07) is 8.17. The lowest BCUT2D eigenvalue weighted by Crippen LogP contribution is -2.42. The van der Waals surface area contributed by atoms with E-state index in [2.05, 4.69) is 10.5 Å². The summed E-state index contributed by atoms with van der Waals surface area (Å²) in [5.41, 5.74) is 1.71. The van der Waals surface area contributed by atoms with Crippen LogP contribution in [-0.4, -0.2) is 42.1 Å². The largest absolute Gasteiger partial charge is 0.356 e. The molecular weight excluding hydrogens is 357 g/mol. The van der Waals surface area contributed by atoms with Gasteiger partial charge < -0.3 is 14.7 Å². The molecule has 4 rings (SSSR count). The zero-order valence-electron chi connectivity index (χ0n) is 16.2. The number of carbonyl (C=O) groups excluding carboxylic acids is 1. The SMILES string of the molecule is O=C(C[C@@H]1CCNC[C@H]1Cc1cc(-c2ccc(F)cc2)on1)N1CCCCC1. The molecule has 3 heterocycles. The van der Waals surface area contributed by atoms with E-state index in [0.29, 0.717) is 29.9 Å². The maximum Gasteiger partial charge on any atom is 0.222 e. The van der Waals surface area contributed by atoms with E-state index >= 15 is 0 Å². The fourth-order valence-electron chi connectivity index (χ4n) is 4.41. The van der Waals surface area contributed by atoms with Crippen LogP contribution >= 0.6 is 0 Å². The minimum absolute atomic E-state index is 0.266. The maximum atomic E-state index is 13.1. The third kappa shape index (κ3) is 4.61. The van der Waals surface area contributed by atoms with Crippen molar-refractivity contribution >= 4 is 5.91 Å². The molecule has 0 bridgehead atoms. The van der Waals surface area contributed by atoms with Crippen molar-refractivity contribution in [1.82, 2.24) is 15.4 Å². The molecule has 0 spiro atoms. The molecule has 0 unspecified atom stereocenters. The first-order valence-corrected chi connectivity index (χ1v) is 10.4. The van der Waals surface area contributed by atoms with E-state index in [1.807, 2.05) is 11.0 Å². The Morgan fingerprint density at radius 2 is 1.96 bits per heavy atom. The van der Waals surface area contributed by atoms with Crippen LogP contribution < -0.4 is 5.32 Å². The third-order valence-corrected chi connectivity index (χ3v) is 6.07. The van der Waals surface area contributed by atoms with Gasteiger partial charge in [-0.05, 0) is 81.3 Å². The summed E-state index contributed by atoms with van der Waals surface area (Å²) in [7, 11) is 0. The number of carbonyl (C=O) groups is 1. The van der Waals surface area contributed by atoms with Gasteiger partial charge in [-0.1, -0.05) is 5.16 Å². The lowest BCUT2D eigenvalue weighted by atomic mass is 9.81. The summed E-state index contributed by atoms with van der Waals surface area (Å²) in [6.07, 6.45) is 5.94. The third-order valence-electron chi connectivity index (χ3n) is 6.07. The van der Waals surface area contributed by atoms with Gasteiger partial charge in [-0.25, -0.2) is 4.39 Å². The summed E-state index contributed by atoms with van der Waals surface area (Å²) in [5.74, 6) is 1.44. The highest BCUT2D eigenvalue weighted by molar-refractivity contribution is 5.76. The predicted octanol–water partition coefficient (Wildman–Crippen LogP) is 3.65. The quantitative estimate of drug-likeness (QED) is 0.854. The second kappa shape index (κ2) is 8.86. The Balaban J connectivity index is 1.39. The van der Waals surface area contributed by atoms with Gasteiger partial charge in [-0.15, -0.1) is 0 Å². The second-order valence-corrected chi connectivity index (χ2v) is 8.05. The van der Waals surface area contributed by atoms with E-state index in [0.717, 1.165) is 63.1 Å². The highest BCUT2D eigenvalue weighted by atomic mass is 19.1. The topological polar surface area (TPSA) is 58.4 Å². The van der Waals surface area contributed by atoms with Crippen molar-refractivity contribution < 1.29 is 13.7 Å². The van der Waals surface area contributed by atoms with Crippen molar-refractivity contribution in [3.63, 3.8) is 0 Å². The van der Waals surface area contributed by atoms with Crippen LogP contribution in [0.3, 0.4) is 0 Å². The van der Waals surface area contributed by atoms with Crippen molar-refractivity contribution in [3.05, 3.63) is 41.8 Å². The molecule has 0 saturated carbocycles. The number of halogens is 1. The first-order chi connectivity index (χ1) is 13.7. The second-order valence-electron chi connectivity index (χ2n) is 8.05. The normalized spacial score (nSPS) is 23.0. The highest BCUT2D eigenvalue weighted by Crippen LogP contribution is 2.29. The Morgan fingerprint density at radius 1 is 1.18 bits per heavy atom. The number of amides is 1. The molecule has 1 amide bonds. The van der Waals surface area contributed by atoms with Gasteiger partial charge in [0.15, 0.2) is 5.76 Å². The zero-order chi connectivity index (χ0) is 19.3. The summed E-state index contributed by atoms with van der Waals surface area (Å²) in [6.45, 7) is 3.70. The molecule has 6 heteroatoms. The van der Waals surface area contributed by atoms with E-state index < -0.39 is 0 Å². The smallest absolute Gasteiger partial charge is 0.222 e. The van der Waals surface area contributed by atoms with E-state index in [4.69, 9.17) is 4.52 Å². The maximum absolute atomic E-state index is 13.1. The molecule has 2 atom stereocenters. The highest BCUT2D eigenvalue weighted by Gasteiger charge is 2.30. The molecule has 2 aliphatic heterocycles. The predicted molar refractivity (Wildman–Crippen MR) is 105 cm³/mol. The van der Waals surface area contributed by atoms with Crippen molar-refractivity contribution in [2.75, 3.05) is 26.2 Å². The van der Waals surface area contributed by atoms with Gasteiger partial charge in [0.05, 0.1) is 5.69 Å². The molecule has 5 nitrogen and oxygen atoms in total. The van der Waals surface area contributed by atoms with Crippen LogP contribution in [0.4, 0.5) is 4.39 Å². The standard InChI is InChI=1S/C22H28FN3O2/c23-19-6-4-16(5-7-19)21-14-20(25-28-21)12-18-15-24-9-8-17(18)13-22(27)26-10-2-1-3-11-26/h4-7,14,17-18,24H,1-3,8-13,15H2/t17-,18+/m0/s1. The van der Waals surface area contributed by atoms with Gasteiger partial charge in [-0.2, -0.15) is 0 Å². The number of rotatable bonds is 5. The van der Waals surface area contributed by atoms with Crippen LogP contribution in [-0.2, 0) is 11.2 Å². The first-order valence-electron chi connectivity index (χ1n) is 10.4. The minimum atomic E-state index is -0.266. The van der Waals surface area contributed by atoms with Crippen LogP contribution in [0.25, 0.3) is 11.3 Å². The molecule has 0 radical (unpaired) electrons. The van der Waals surface area contributed by atoms with Crippen LogP contribution in [0, 0.1) is 17.7 Å². The molecule has 150 valence electrons. The first kappa shape index (κ1) is 19.1. The summed E-state index contributed by atoms with van der Waals surface area (Å²) in [5, 5.41) is 7.68. The molecule has 2 saturated heterocycles. The van der Waals surface area contributed by atoms with Gasteiger partial charge in [0, 0.05) is 31.1 Å². The number of nitrogens with one attached hydrogen (secondary N) is 1. The average molecular weight is 385 g/mol. The van der Waals surface area contributed by atoms with Crippen LogP contribution in [0.1, 0.15) is 37.8 Å². The summed E-state index contributed by atoms with van der Waals surface area (Å²) in [4.78, 5) is 14.8. The van der Waals surface area contributed by atoms with Crippen molar-refractivity contribution in [3.8, 4) is 11.3 Å². The van der Waals surface area contributed by atoms with Crippen molar-refractivity contribution in [2.24, 2.45) is 11.8 Å². The molecule has 1 aromatic carbocycles. The Morgan fingerprint density at radius 3 is 2.75 bits per heavy atom. The molecule has 28 heavy (non-hydrogen) atoms. The number of hydrogen-bond donors (Lipinski definition) is 1. The number of benzene rings is 1. The number of piperidine rings is 2. The minimum Gasteiger partial charge on any atom is -0.356 e. The van der Waals surface area contributed by atoms with Crippen LogP contribution in [0.15, 0.2) is 34.9 Å². The molecular formula is C22H28FN3O2. The molecule has 2 aromatic rings. The number of likely N-dealkylation sites (tertiary alicyclic amines) is 1. The van der Waals surface area contributed by atoms with Crippen molar-refractivity contribution in [2.45, 2.75) is 38.5 Å². The van der Waals surface area contributed by atoms with E-state index in [1.165, 1.54) is 18.6 Å². The van der Waals surface area contributed by atoms with Gasteiger partial charge >= 0.3 is 0 Å². The monoisotopic (exact) mass is 385 g/mol. The van der Waals surface area contributed by atoms with Gasteiger partial charge in [0.2, 0.25) is 5.91 Å². The molecule has 2 fully saturated rings. The zero-order valence-corrected chi connectivity index (χ0v) is 16.2. The Labute approximate surface area is 165 Å². The summed E-state index contributed by atoms with van der Waals surface area (Å²) >= 11 is 0. The van der Waals surface area contributed by atoms with Crippen LogP contribution in [0.2, 0.25) is 0 Å². The summed E-state index contributed by atoms with van der Waals surface area (Å²) < 4.78 is 18.6. The van der Waals surface area contributed by atoms with Crippen molar-refractivity contribution in [1.29, 1.82) is 0 Å². The average Bonchev–Trinajstić information content (AvgIpc) is 3.19. The Hall–Kier alpha value is -2.21. The number of aromatic nitrogens is 1. The number of hydrogen-bond acceptors (Lipinski definition) is 4. The van der Waals surface area contributed by atoms with E-state index in [-0.39, 0.29) is 5.82 Å². The van der Waals surface area contributed by atoms with E-state index in [9.17, 15) is 9.18 Å². The Bertz CT molecular complexity index is 783. The number of nitrogens with zero attached hydrogens (tertiary/aromatic N) is 2. The lowest BCUT2D eigenvalue weighted by molar-refractivity contribution is -0.133. The molecule has 2 aliphatic rings. The lowest BCUT2D eigenvalue weighted by Gasteiger charge is -2.34. The van der Waals surface area contributed by atoms with Gasteiger partial charge in [0.25, 0.3) is 0 Å². The Kier molecular flexibility index (Phi) is 6.05.